The number of carbonyl (C=O) groups is 1. The number of carbonyl (C=O) groups excluding carboxylic acids is 1. The summed E-state index contributed by atoms with van der Waals surface area (Å²) >= 11 is 1.37. The lowest BCUT2D eigenvalue weighted by Crippen LogP contribution is -2.28. The molecule has 0 spiro atoms. The molecule has 0 aliphatic rings. The van der Waals surface area contributed by atoms with E-state index in [1.165, 1.54) is 11.3 Å². The van der Waals surface area contributed by atoms with E-state index in [0.29, 0.717) is 40.1 Å². The minimum absolute atomic E-state index is 0.0935. The van der Waals surface area contributed by atoms with Gasteiger partial charge in [-0.25, -0.2) is 9.67 Å². The Morgan fingerprint density at radius 2 is 1.94 bits per heavy atom. The van der Waals surface area contributed by atoms with Crippen LogP contribution in [0.5, 0.6) is 0 Å². The topological polar surface area (TPSA) is 81.3 Å². The summed E-state index contributed by atoms with van der Waals surface area (Å²) < 4.78 is 3.41. The molecule has 0 unspecified atom stereocenters. The molecule has 4 rings (SSSR count). The summed E-state index contributed by atoms with van der Waals surface area (Å²) in [6.45, 7) is 10.7. The molecule has 1 N–H and O–H groups in total. The van der Waals surface area contributed by atoms with Crippen molar-refractivity contribution in [2.45, 2.75) is 47.5 Å². The van der Waals surface area contributed by atoms with Gasteiger partial charge in [-0.15, -0.1) is 11.3 Å². The van der Waals surface area contributed by atoms with Crippen molar-refractivity contribution in [3.8, 4) is 16.9 Å². The number of para-hydroxylation sites is 1. The zero-order chi connectivity index (χ0) is 23.7. The summed E-state index contributed by atoms with van der Waals surface area (Å²) in [5.41, 5.74) is 5.12. The maximum absolute atomic E-state index is 13.6. The molecule has 3 heterocycles. The molecular formula is C25H29N5O2S. The fraction of sp³-hybridized carbons (Fsp3) is 0.360. The van der Waals surface area contributed by atoms with Crippen LogP contribution in [0.2, 0.25) is 0 Å². The number of fused-ring (bicyclic) bond motifs is 1. The smallest absolute Gasteiger partial charge is 0.268 e. The highest BCUT2D eigenvalue weighted by atomic mass is 32.1. The van der Waals surface area contributed by atoms with Gasteiger partial charge >= 0.3 is 0 Å². The van der Waals surface area contributed by atoms with E-state index in [1.54, 1.807) is 4.40 Å². The maximum atomic E-state index is 13.6. The zero-order valence-corrected chi connectivity index (χ0v) is 20.5. The van der Waals surface area contributed by atoms with Crippen LogP contribution in [0.15, 0.2) is 40.5 Å². The third-order valence-corrected chi connectivity index (χ3v) is 6.57. The van der Waals surface area contributed by atoms with Gasteiger partial charge in [-0.3, -0.25) is 14.0 Å². The standard InChI is InChI=1S/C25H29N5O2S/c1-15(2)10-11-26-22(31)13-19-14-33-25-27-18(5)23(24(32)29(19)25)20-12-17(4)30(28-20)21-9-7-6-8-16(21)3/h6-9,12,14-15H,10-11,13H2,1-5H3,(H,26,31). The van der Waals surface area contributed by atoms with Crippen molar-refractivity contribution in [1.29, 1.82) is 0 Å². The highest BCUT2D eigenvalue weighted by Gasteiger charge is 2.20. The van der Waals surface area contributed by atoms with Crippen LogP contribution in [0.25, 0.3) is 21.9 Å². The number of hydrogen-bond acceptors (Lipinski definition) is 5. The molecule has 0 saturated carbocycles. The van der Waals surface area contributed by atoms with Gasteiger partial charge in [-0.2, -0.15) is 5.10 Å². The highest BCUT2D eigenvalue weighted by Crippen LogP contribution is 2.24. The molecule has 0 radical (unpaired) electrons. The van der Waals surface area contributed by atoms with Crippen LogP contribution >= 0.6 is 11.3 Å². The average molecular weight is 464 g/mol. The Labute approximate surface area is 197 Å². The Morgan fingerprint density at radius 3 is 2.67 bits per heavy atom. The van der Waals surface area contributed by atoms with Crippen molar-refractivity contribution in [1.82, 2.24) is 24.5 Å². The number of benzene rings is 1. The van der Waals surface area contributed by atoms with Gasteiger partial charge in [0.25, 0.3) is 5.56 Å². The monoisotopic (exact) mass is 463 g/mol. The molecule has 0 atom stereocenters. The van der Waals surface area contributed by atoms with Crippen LogP contribution in [-0.2, 0) is 11.2 Å². The van der Waals surface area contributed by atoms with Crippen molar-refractivity contribution in [3.63, 3.8) is 0 Å². The first kappa shape index (κ1) is 22.9. The lowest BCUT2D eigenvalue weighted by atomic mass is 10.1. The van der Waals surface area contributed by atoms with Gasteiger partial charge in [0.15, 0.2) is 4.96 Å². The predicted octanol–water partition coefficient (Wildman–Crippen LogP) is 4.24. The second kappa shape index (κ2) is 9.31. The summed E-state index contributed by atoms with van der Waals surface area (Å²) in [5.74, 6) is 0.427. The molecule has 8 heteroatoms. The Hall–Kier alpha value is -3.26. The molecule has 7 nitrogen and oxygen atoms in total. The van der Waals surface area contributed by atoms with Gasteiger partial charge < -0.3 is 5.32 Å². The summed E-state index contributed by atoms with van der Waals surface area (Å²) in [5, 5.41) is 9.54. The van der Waals surface area contributed by atoms with Gasteiger partial charge in [0.2, 0.25) is 5.91 Å². The van der Waals surface area contributed by atoms with Crippen molar-refractivity contribution in [3.05, 3.63) is 68.7 Å². The predicted molar refractivity (Wildman–Crippen MR) is 132 cm³/mol. The van der Waals surface area contributed by atoms with E-state index in [4.69, 9.17) is 5.10 Å². The zero-order valence-electron chi connectivity index (χ0n) is 19.7. The molecule has 172 valence electrons. The largest absolute Gasteiger partial charge is 0.356 e. The SMILES string of the molecule is Cc1ccccc1-n1nc(-c2c(C)nc3scc(CC(=O)NCCC(C)C)n3c2=O)cc1C. The number of nitrogens with zero attached hydrogens (tertiary/aromatic N) is 4. The number of nitrogens with one attached hydrogen (secondary N) is 1. The molecule has 0 bridgehead atoms. The Morgan fingerprint density at radius 1 is 1.18 bits per heavy atom. The average Bonchev–Trinajstić information content (AvgIpc) is 3.31. The second-order valence-corrected chi connectivity index (χ2v) is 9.64. The summed E-state index contributed by atoms with van der Waals surface area (Å²) in [6.07, 6.45) is 1.06. The van der Waals surface area contributed by atoms with E-state index >= 15 is 0 Å². The van der Waals surface area contributed by atoms with E-state index in [2.05, 4.69) is 24.1 Å². The first-order valence-corrected chi connectivity index (χ1v) is 12.0. The fourth-order valence-corrected chi connectivity index (χ4v) is 4.82. The van der Waals surface area contributed by atoms with Crippen LogP contribution in [-0.4, -0.2) is 31.6 Å². The van der Waals surface area contributed by atoms with E-state index in [1.807, 2.05) is 61.2 Å². The molecule has 0 aliphatic heterocycles. The minimum Gasteiger partial charge on any atom is -0.356 e. The Balaban J connectivity index is 1.72. The third kappa shape index (κ3) is 4.61. The van der Waals surface area contributed by atoms with Gasteiger partial charge in [0.1, 0.15) is 5.69 Å². The highest BCUT2D eigenvalue weighted by molar-refractivity contribution is 7.15. The van der Waals surface area contributed by atoms with Crippen LogP contribution in [0, 0.1) is 26.7 Å². The lowest BCUT2D eigenvalue weighted by molar-refractivity contribution is -0.120. The number of amides is 1. The molecular weight excluding hydrogens is 434 g/mol. The Kier molecular flexibility index (Phi) is 6.47. The van der Waals surface area contributed by atoms with Crippen molar-refractivity contribution < 1.29 is 4.79 Å². The number of aryl methyl sites for hydroxylation is 3. The van der Waals surface area contributed by atoms with Crippen LogP contribution in [0.3, 0.4) is 0 Å². The molecule has 33 heavy (non-hydrogen) atoms. The van der Waals surface area contributed by atoms with Crippen LogP contribution in [0.1, 0.15) is 42.9 Å². The van der Waals surface area contributed by atoms with Crippen molar-refractivity contribution >= 4 is 22.2 Å². The minimum atomic E-state index is -0.196. The van der Waals surface area contributed by atoms with Gasteiger partial charge in [-0.05, 0) is 50.8 Å². The van der Waals surface area contributed by atoms with Gasteiger partial charge in [0, 0.05) is 23.3 Å². The first-order valence-electron chi connectivity index (χ1n) is 11.2. The van der Waals surface area contributed by atoms with E-state index in [-0.39, 0.29) is 17.9 Å². The molecule has 4 aromatic rings. The molecule has 0 saturated heterocycles. The Bertz CT molecular complexity index is 1380. The number of thiazole rings is 1. The fourth-order valence-electron chi connectivity index (χ4n) is 3.89. The van der Waals surface area contributed by atoms with Crippen LogP contribution in [0.4, 0.5) is 0 Å². The van der Waals surface area contributed by atoms with Crippen LogP contribution < -0.4 is 10.9 Å². The molecule has 3 aromatic heterocycles. The molecule has 1 aromatic carbocycles. The third-order valence-electron chi connectivity index (χ3n) is 5.69. The number of aromatic nitrogens is 4. The van der Waals surface area contributed by atoms with Gasteiger partial charge in [-0.1, -0.05) is 32.0 Å². The summed E-state index contributed by atoms with van der Waals surface area (Å²) in [6, 6.07) is 9.92. The second-order valence-electron chi connectivity index (χ2n) is 8.80. The lowest BCUT2D eigenvalue weighted by Gasteiger charge is -2.08. The first-order chi connectivity index (χ1) is 15.8. The normalized spacial score (nSPS) is 11.5. The molecule has 1 amide bonds. The number of hydrogen-bond donors (Lipinski definition) is 1. The van der Waals surface area contributed by atoms with E-state index in [9.17, 15) is 9.59 Å². The summed E-state index contributed by atoms with van der Waals surface area (Å²) in [7, 11) is 0. The quantitative estimate of drug-likeness (QED) is 0.445. The van der Waals surface area contributed by atoms with Crippen molar-refractivity contribution in [2.75, 3.05) is 6.54 Å². The van der Waals surface area contributed by atoms with E-state index in [0.717, 1.165) is 23.4 Å². The molecule has 0 aliphatic carbocycles. The van der Waals surface area contributed by atoms with Crippen molar-refractivity contribution in [2.24, 2.45) is 5.92 Å². The summed E-state index contributed by atoms with van der Waals surface area (Å²) in [4.78, 5) is 31.3. The maximum Gasteiger partial charge on any atom is 0.268 e. The molecule has 0 fully saturated rings. The number of rotatable bonds is 7. The van der Waals surface area contributed by atoms with Gasteiger partial charge in [0.05, 0.1) is 23.4 Å². The van der Waals surface area contributed by atoms with E-state index < -0.39 is 0 Å².